The third-order valence-corrected chi connectivity index (χ3v) is 1.48. The van der Waals surface area contributed by atoms with Gasteiger partial charge in [0.25, 0.3) is 0 Å². The Bertz CT molecular complexity index is 252. The molecule has 0 amide bonds. The lowest BCUT2D eigenvalue weighted by Gasteiger charge is -2.03. The Hall–Kier alpha value is -1.13. The highest BCUT2D eigenvalue weighted by Crippen LogP contribution is 2.09. The molecule has 1 aromatic heterocycles. The first-order valence-electron chi connectivity index (χ1n) is 3.92. The van der Waals surface area contributed by atoms with Gasteiger partial charge in [0.15, 0.2) is 0 Å². The van der Waals surface area contributed by atoms with Gasteiger partial charge in [-0.05, 0) is 11.6 Å². The van der Waals surface area contributed by atoms with Crippen LogP contribution in [0.1, 0.15) is 5.56 Å². The molecule has 0 bridgehead atoms. The van der Waals surface area contributed by atoms with Gasteiger partial charge in [-0.15, -0.1) is 0 Å². The van der Waals surface area contributed by atoms with E-state index in [1.165, 1.54) is 0 Å². The third kappa shape index (κ3) is 3.40. The van der Waals surface area contributed by atoms with Crippen LogP contribution in [0.15, 0.2) is 18.3 Å². The van der Waals surface area contributed by atoms with E-state index in [9.17, 15) is 0 Å². The zero-order valence-corrected chi connectivity index (χ0v) is 7.82. The van der Waals surface area contributed by atoms with Crippen molar-refractivity contribution in [2.24, 2.45) is 0 Å². The summed E-state index contributed by atoms with van der Waals surface area (Å²) >= 11 is 0. The van der Waals surface area contributed by atoms with Crippen molar-refractivity contribution in [2.75, 3.05) is 21.0 Å². The quantitative estimate of drug-likeness (QED) is 0.508. The molecule has 0 aliphatic carbocycles. The van der Waals surface area contributed by atoms with Gasteiger partial charge >= 0.3 is 0 Å². The molecule has 0 fully saturated rings. The first-order valence-corrected chi connectivity index (χ1v) is 3.92. The minimum Gasteiger partial charge on any atom is -0.481 e. The maximum atomic E-state index is 5.16. The van der Waals surface area contributed by atoms with Crippen LogP contribution in [-0.4, -0.2) is 26.0 Å². The van der Waals surface area contributed by atoms with Gasteiger partial charge in [0.2, 0.25) is 5.88 Å². The SMILES string of the molecule is COCOCc1ccnc(OC)c1. The minimum atomic E-state index is 0.296. The minimum absolute atomic E-state index is 0.296. The van der Waals surface area contributed by atoms with E-state index in [0.717, 1.165) is 5.56 Å². The van der Waals surface area contributed by atoms with Gasteiger partial charge in [0.05, 0.1) is 13.7 Å². The number of methoxy groups -OCH3 is 2. The monoisotopic (exact) mass is 183 g/mol. The van der Waals surface area contributed by atoms with Crippen molar-refractivity contribution in [3.05, 3.63) is 23.9 Å². The highest BCUT2D eigenvalue weighted by molar-refractivity contribution is 5.19. The van der Waals surface area contributed by atoms with Gasteiger partial charge in [-0.3, -0.25) is 0 Å². The van der Waals surface area contributed by atoms with Crippen LogP contribution in [0.25, 0.3) is 0 Å². The van der Waals surface area contributed by atoms with Gasteiger partial charge in [-0.25, -0.2) is 4.98 Å². The summed E-state index contributed by atoms with van der Waals surface area (Å²) in [6, 6.07) is 3.70. The van der Waals surface area contributed by atoms with Crippen LogP contribution < -0.4 is 4.74 Å². The van der Waals surface area contributed by atoms with Crippen LogP contribution in [0.5, 0.6) is 5.88 Å². The fraction of sp³-hybridized carbons (Fsp3) is 0.444. The normalized spacial score (nSPS) is 10.0. The second kappa shape index (κ2) is 5.50. The van der Waals surface area contributed by atoms with Crippen LogP contribution in [0, 0.1) is 0 Å². The molecular weight excluding hydrogens is 170 g/mol. The smallest absolute Gasteiger partial charge is 0.213 e. The zero-order chi connectivity index (χ0) is 9.52. The molecule has 0 radical (unpaired) electrons. The number of hydrogen-bond acceptors (Lipinski definition) is 4. The Morgan fingerprint density at radius 2 is 2.23 bits per heavy atom. The average molecular weight is 183 g/mol. The largest absolute Gasteiger partial charge is 0.481 e. The molecule has 72 valence electrons. The van der Waals surface area contributed by atoms with Crippen LogP contribution >= 0.6 is 0 Å². The number of rotatable bonds is 5. The molecule has 4 nitrogen and oxygen atoms in total. The van der Waals surface area contributed by atoms with Gasteiger partial charge < -0.3 is 14.2 Å². The van der Waals surface area contributed by atoms with E-state index in [-0.39, 0.29) is 0 Å². The summed E-state index contributed by atoms with van der Waals surface area (Å²) in [6.07, 6.45) is 1.68. The molecule has 1 rings (SSSR count). The zero-order valence-electron chi connectivity index (χ0n) is 7.82. The van der Waals surface area contributed by atoms with Crippen molar-refractivity contribution in [2.45, 2.75) is 6.61 Å². The molecule has 0 atom stereocenters. The molecule has 0 saturated carbocycles. The van der Waals surface area contributed by atoms with E-state index in [1.54, 1.807) is 20.4 Å². The Labute approximate surface area is 77.5 Å². The number of ether oxygens (including phenoxy) is 3. The molecule has 13 heavy (non-hydrogen) atoms. The van der Waals surface area contributed by atoms with Crippen LogP contribution in [0.2, 0.25) is 0 Å². The molecule has 0 aromatic carbocycles. The number of hydrogen-bond donors (Lipinski definition) is 0. The van der Waals surface area contributed by atoms with E-state index < -0.39 is 0 Å². The van der Waals surface area contributed by atoms with E-state index >= 15 is 0 Å². The van der Waals surface area contributed by atoms with Crippen LogP contribution in [0.3, 0.4) is 0 Å². The average Bonchev–Trinajstić information content (AvgIpc) is 2.19. The second-order valence-electron chi connectivity index (χ2n) is 2.46. The van der Waals surface area contributed by atoms with Crippen molar-refractivity contribution in [1.82, 2.24) is 4.98 Å². The first-order chi connectivity index (χ1) is 6.36. The predicted molar refractivity (Wildman–Crippen MR) is 47.5 cm³/mol. The Morgan fingerprint density at radius 1 is 1.38 bits per heavy atom. The van der Waals surface area contributed by atoms with Crippen molar-refractivity contribution < 1.29 is 14.2 Å². The summed E-state index contributed by atoms with van der Waals surface area (Å²) in [7, 11) is 3.18. The summed E-state index contributed by atoms with van der Waals surface area (Å²) in [4.78, 5) is 3.98. The lowest BCUT2D eigenvalue weighted by Crippen LogP contribution is -1.97. The summed E-state index contributed by atoms with van der Waals surface area (Å²) < 4.78 is 14.9. The van der Waals surface area contributed by atoms with Crippen molar-refractivity contribution in [3.63, 3.8) is 0 Å². The van der Waals surface area contributed by atoms with Gasteiger partial charge in [-0.1, -0.05) is 0 Å². The summed E-state index contributed by atoms with van der Waals surface area (Å²) in [5, 5.41) is 0. The van der Waals surface area contributed by atoms with E-state index in [1.807, 2.05) is 12.1 Å². The molecule has 1 aromatic rings. The summed E-state index contributed by atoms with van der Waals surface area (Å²) in [6.45, 7) is 0.803. The van der Waals surface area contributed by atoms with E-state index in [4.69, 9.17) is 14.2 Å². The fourth-order valence-electron chi connectivity index (χ4n) is 0.895. The Morgan fingerprint density at radius 3 is 2.92 bits per heavy atom. The highest BCUT2D eigenvalue weighted by atomic mass is 16.7. The number of pyridine rings is 1. The summed E-state index contributed by atoms with van der Waals surface area (Å²) in [5.41, 5.74) is 1.02. The van der Waals surface area contributed by atoms with Gasteiger partial charge in [0.1, 0.15) is 6.79 Å². The molecule has 1 heterocycles. The lowest BCUT2D eigenvalue weighted by atomic mass is 10.3. The third-order valence-electron chi connectivity index (χ3n) is 1.48. The topological polar surface area (TPSA) is 40.6 Å². The Kier molecular flexibility index (Phi) is 4.21. The van der Waals surface area contributed by atoms with Gasteiger partial charge in [0, 0.05) is 19.4 Å². The molecule has 0 spiro atoms. The molecule has 4 heteroatoms. The summed E-state index contributed by atoms with van der Waals surface area (Å²) in [5.74, 6) is 0.596. The van der Waals surface area contributed by atoms with Gasteiger partial charge in [-0.2, -0.15) is 0 Å². The molecule has 0 aliphatic heterocycles. The van der Waals surface area contributed by atoms with E-state index in [0.29, 0.717) is 19.3 Å². The molecular formula is C9H13NO3. The van der Waals surface area contributed by atoms with Crippen molar-refractivity contribution in [3.8, 4) is 5.88 Å². The lowest BCUT2D eigenvalue weighted by molar-refractivity contribution is -0.0391. The maximum Gasteiger partial charge on any atom is 0.213 e. The molecule has 0 aliphatic rings. The molecule has 0 N–H and O–H groups in total. The predicted octanol–water partition coefficient (Wildman–Crippen LogP) is 1.21. The van der Waals surface area contributed by atoms with Crippen LogP contribution in [-0.2, 0) is 16.1 Å². The Balaban J connectivity index is 2.46. The standard InChI is InChI=1S/C9H13NO3/c1-11-7-13-6-8-3-4-10-9(5-8)12-2/h3-5H,6-7H2,1-2H3. The molecule has 0 unspecified atom stereocenters. The van der Waals surface area contributed by atoms with Crippen molar-refractivity contribution >= 4 is 0 Å². The van der Waals surface area contributed by atoms with Crippen molar-refractivity contribution in [1.29, 1.82) is 0 Å². The number of aromatic nitrogens is 1. The van der Waals surface area contributed by atoms with Crippen LogP contribution in [0.4, 0.5) is 0 Å². The highest BCUT2D eigenvalue weighted by Gasteiger charge is 1.96. The maximum absolute atomic E-state index is 5.16. The number of nitrogens with zero attached hydrogens (tertiary/aromatic N) is 1. The second-order valence-corrected chi connectivity index (χ2v) is 2.46. The fourth-order valence-corrected chi connectivity index (χ4v) is 0.895. The first kappa shape index (κ1) is 9.95. The van der Waals surface area contributed by atoms with E-state index in [2.05, 4.69) is 4.98 Å². The molecule has 0 saturated heterocycles.